The summed E-state index contributed by atoms with van der Waals surface area (Å²) in [4.78, 5) is 22.6. The highest BCUT2D eigenvalue weighted by Gasteiger charge is 2.25. The average molecular weight is 463 g/mol. The summed E-state index contributed by atoms with van der Waals surface area (Å²) in [6.45, 7) is 6.25. The third kappa shape index (κ3) is 5.25. The van der Waals surface area contributed by atoms with E-state index in [4.69, 9.17) is 4.98 Å². The van der Waals surface area contributed by atoms with E-state index in [0.29, 0.717) is 28.9 Å². The highest BCUT2D eigenvalue weighted by atomic mass is 32.2. The number of pyridine rings is 1. The Morgan fingerprint density at radius 2 is 1.91 bits per heavy atom. The number of benzene rings is 2. The van der Waals surface area contributed by atoms with Gasteiger partial charge in [-0.1, -0.05) is 56.8 Å². The van der Waals surface area contributed by atoms with Gasteiger partial charge in [-0.2, -0.15) is 0 Å². The molecule has 1 unspecified atom stereocenters. The highest BCUT2D eigenvalue weighted by molar-refractivity contribution is 7.98. The van der Waals surface area contributed by atoms with Crippen LogP contribution in [0.2, 0.25) is 0 Å². The molecule has 4 rings (SSSR count). The minimum atomic E-state index is -0.482. The molecule has 0 spiro atoms. The average Bonchev–Trinajstić information content (AvgIpc) is 3.17. The summed E-state index contributed by atoms with van der Waals surface area (Å²) in [5, 5.41) is 3.73. The van der Waals surface area contributed by atoms with Crippen molar-refractivity contribution in [1.29, 1.82) is 0 Å². The van der Waals surface area contributed by atoms with E-state index in [9.17, 15) is 9.18 Å². The normalized spacial score (nSPS) is 12.3. The smallest absolute Gasteiger partial charge is 0.247 e. The number of amides is 1. The van der Waals surface area contributed by atoms with Crippen LogP contribution in [0.5, 0.6) is 0 Å². The maximum absolute atomic E-state index is 13.6. The van der Waals surface area contributed by atoms with Crippen molar-refractivity contribution in [2.75, 3.05) is 5.32 Å². The first-order valence-electron chi connectivity index (χ1n) is 11.1. The van der Waals surface area contributed by atoms with Gasteiger partial charge in [0.25, 0.3) is 0 Å². The molecule has 7 heteroatoms. The minimum Gasteiger partial charge on any atom is -0.324 e. The van der Waals surface area contributed by atoms with E-state index in [1.54, 1.807) is 12.3 Å². The molecule has 1 atom stereocenters. The quantitative estimate of drug-likeness (QED) is 0.301. The molecular formula is C26H27FN4OS. The maximum Gasteiger partial charge on any atom is 0.247 e. The zero-order chi connectivity index (χ0) is 23.4. The standard InChI is InChI=1S/C26H27FN4OS/c1-4-23(25(32)29-21-12-10-19(11-13-21)17(2)3)31-24-22(9-6-14-28-24)30-26(31)33-16-18-7-5-8-20(27)15-18/h5-15,17,23H,4,16H2,1-3H3,(H,29,32). The van der Waals surface area contributed by atoms with E-state index in [1.807, 2.05) is 54.0 Å². The summed E-state index contributed by atoms with van der Waals surface area (Å²) in [6, 6.07) is 17.7. The number of thioether (sulfide) groups is 1. The number of aromatic nitrogens is 3. The van der Waals surface area contributed by atoms with Gasteiger partial charge in [0.2, 0.25) is 5.91 Å². The van der Waals surface area contributed by atoms with Crippen LogP contribution in [0.3, 0.4) is 0 Å². The topological polar surface area (TPSA) is 59.8 Å². The van der Waals surface area contributed by atoms with Crippen LogP contribution in [0.4, 0.5) is 10.1 Å². The van der Waals surface area contributed by atoms with Crippen molar-refractivity contribution < 1.29 is 9.18 Å². The number of anilines is 1. The Hall–Kier alpha value is -3.19. The molecule has 170 valence electrons. The molecule has 0 fully saturated rings. The van der Waals surface area contributed by atoms with Crippen molar-refractivity contribution in [2.45, 2.75) is 50.1 Å². The number of nitrogens with one attached hydrogen (secondary N) is 1. The lowest BCUT2D eigenvalue weighted by molar-refractivity contribution is -0.119. The molecule has 0 aliphatic carbocycles. The van der Waals surface area contributed by atoms with Gasteiger partial charge in [0.05, 0.1) is 0 Å². The summed E-state index contributed by atoms with van der Waals surface area (Å²) in [5.41, 5.74) is 4.23. The van der Waals surface area contributed by atoms with Gasteiger partial charge in [-0.25, -0.2) is 14.4 Å². The molecule has 0 radical (unpaired) electrons. The Bertz CT molecular complexity index is 1250. The predicted octanol–water partition coefficient (Wildman–Crippen LogP) is 6.58. The lowest BCUT2D eigenvalue weighted by Gasteiger charge is -2.19. The molecule has 0 saturated heterocycles. The molecule has 5 nitrogen and oxygen atoms in total. The van der Waals surface area contributed by atoms with E-state index >= 15 is 0 Å². The lowest BCUT2D eigenvalue weighted by atomic mass is 10.0. The van der Waals surface area contributed by atoms with Crippen LogP contribution in [0.25, 0.3) is 11.2 Å². The second-order valence-corrected chi connectivity index (χ2v) is 9.16. The summed E-state index contributed by atoms with van der Waals surface area (Å²) in [6.07, 6.45) is 2.28. The predicted molar refractivity (Wildman–Crippen MR) is 132 cm³/mol. The number of halogens is 1. The number of fused-ring (bicyclic) bond motifs is 1. The fourth-order valence-corrected chi connectivity index (χ4v) is 4.72. The summed E-state index contributed by atoms with van der Waals surface area (Å²) >= 11 is 1.47. The van der Waals surface area contributed by atoms with Gasteiger partial charge in [0.15, 0.2) is 10.8 Å². The van der Waals surface area contributed by atoms with Crippen LogP contribution in [0.1, 0.15) is 50.3 Å². The van der Waals surface area contributed by atoms with Gasteiger partial charge in [-0.05, 0) is 59.9 Å². The number of hydrogen-bond donors (Lipinski definition) is 1. The molecule has 1 amide bonds. The van der Waals surface area contributed by atoms with E-state index in [-0.39, 0.29) is 11.7 Å². The van der Waals surface area contributed by atoms with Crippen LogP contribution < -0.4 is 5.32 Å². The Balaban J connectivity index is 1.62. The van der Waals surface area contributed by atoms with Crippen molar-refractivity contribution in [3.8, 4) is 0 Å². The first-order valence-corrected chi connectivity index (χ1v) is 12.1. The van der Waals surface area contributed by atoms with E-state index in [0.717, 1.165) is 16.8 Å². The number of imidazole rings is 1. The summed E-state index contributed by atoms with van der Waals surface area (Å²) < 4.78 is 15.5. The fourth-order valence-electron chi connectivity index (χ4n) is 3.73. The van der Waals surface area contributed by atoms with E-state index < -0.39 is 6.04 Å². The molecule has 2 aromatic heterocycles. The molecule has 0 aliphatic heterocycles. The Labute approximate surface area is 197 Å². The number of hydrogen-bond acceptors (Lipinski definition) is 4. The molecule has 2 heterocycles. The van der Waals surface area contributed by atoms with Crippen LogP contribution in [-0.2, 0) is 10.5 Å². The third-order valence-corrected chi connectivity index (χ3v) is 6.54. The van der Waals surface area contributed by atoms with Crippen molar-refractivity contribution in [1.82, 2.24) is 14.5 Å². The Kier molecular flexibility index (Phi) is 7.08. The number of rotatable bonds is 8. The molecule has 0 bridgehead atoms. The Morgan fingerprint density at radius 1 is 1.12 bits per heavy atom. The SMILES string of the molecule is CCC(C(=O)Nc1ccc(C(C)C)cc1)n1c(SCc2cccc(F)c2)nc2cccnc21. The maximum atomic E-state index is 13.6. The molecule has 4 aromatic rings. The van der Waals surface area contributed by atoms with Gasteiger partial charge < -0.3 is 5.32 Å². The number of carbonyl (C=O) groups excluding carboxylic acids is 1. The van der Waals surface area contributed by atoms with Crippen molar-refractivity contribution in [2.24, 2.45) is 0 Å². The zero-order valence-corrected chi connectivity index (χ0v) is 19.8. The minimum absolute atomic E-state index is 0.118. The third-order valence-electron chi connectivity index (χ3n) is 5.52. The Morgan fingerprint density at radius 3 is 2.61 bits per heavy atom. The first-order chi connectivity index (χ1) is 16.0. The number of nitrogens with zero attached hydrogens (tertiary/aromatic N) is 3. The summed E-state index contributed by atoms with van der Waals surface area (Å²) in [5.74, 6) is 0.583. The second kappa shape index (κ2) is 10.2. The van der Waals surface area contributed by atoms with Crippen LogP contribution in [0, 0.1) is 5.82 Å². The molecule has 1 N–H and O–H groups in total. The number of carbonyl (C=O) groups is 1. The van der Waals surface area contributed by atoms with Crippen molar-refractivity contribution in [3.05, 3.63) is 83.8 Å². The van der Waals surface area contributed by atoms with Crippen LogP contribution in [-0.4, -0.2) is 20.4 Å². The largest absolute Gasteiger partial charge is 0.324 e. The van der Waals surface area contributed by atoms with Gasteiger partial charge in [-0.3, -0.25) is 9.36 Å². The van der Waals surface area contributed by atoms with Crippen LogP contribution in [0.15, 0.2) is 72.0 Å². The highest BCUT2D eigenvalue weighted by Crippen LogP contribution is 2.31. The molecule has 33 heavy (non-hydrogen) atoms. The van der Waals surface area contributed by atoms with Gasteiger partial charge in [0.1, 0.15) is 17.4 Å². The molecule has 0 aliphatic rings. The van der Waals surface area contributed by atoms with Gasteiger partial charge in [0, 0.05) is 17.6 Å². The lowest BCUT2D eigenvalue weighted by Crippen LogP contribution is -2.26. The molecule has 0 saturated carbocycles. The van der Waals surface area contributed by atoms with Crippen molar-refractivity contribution >= 4 is 34.5 Å². The molecular weight excluding hydrogens is 435 g/mol. The summed E-state index contributed by atoms with van der Waals surface area (Å²) in [7, 11) is 0. The van der Waals surface area contributed by atoms with Gasteiger partial charge in [-0.15, -0.1) is 0 Å². The molecule has 2 aromatic carbocycles. The van der Waals surface area contributed by atoms with Crippen molar-refractivity contribution in [3.63, 3.8) is 0 Å². The van der Waals surface area contributed by atoms with Gasteiger partial charge >= 0.3 is 0 Å². The second-order valence-electron chi connectivity index (χ2n) is 8.22. The fraction of sp³-hybridized carbons (Fsp3) is 0.269. The van der Waals surface area contributed by atoms with Crippen LogP contribution >= 0.6 is 11.8 Å². The first kappa shape index (κ1) is 23.0. The zero-order valence-electron chi connectivity index (χ0n) is 19.0. The van der Waals surface area contributed by atoms with E-state index in [2.05, 4.69) is 24.1 Å². The monoisotopic (exact) mass is 462 g/mol. The van der Waals surface area contributed by atoms with E-state index in [1.165, 1.54) is 29.5 Å².